The first-order chi connectivity index (χ1) is 13.0. The van der Waals surface area contributed by atoms with Crippen molar-refractivity contribution in [1.29, 1.82) is 0 Å². The van der Waals surface area contributed by atoms with Gasteiger partial charge in [-0.25, -0.2) is 13.1 Å². The van der Waals surface area contributed by atoms with Crippen LogP contribution < -0.4 is 4.72 Å². The van der Waals surface area contributed by atoms with Crippen LogP contribution in [0.3, 0.4) is 0 Å². The van der Waals surface area contributed by atoms with Crippen LogP contribution in [0.25, 0.3) is 22.4 Å². The number of fused-ring (bicyclic) bond motifs is 1. The second-order valence-corrected chi connectivity index (χ2v) is 8.12. The van der Waals surface area contributed by atoms with E-state index in [-0.39, 0.29) is 11.4 Å². The van der Waals surface area contributed by atoms with Crippen molar-refractivity contribution in [3.05, 3.63) is 66.4 Å². The number of aliphatic hydroxyl groups is 1. The van der Waals surface area contributed by atoms with Crippen molar-refractivity contribution in [2.45, 2.75) is 11.0 Å². The molecule has 2 heterocycles. The van der Waals surface area contributed by atoms with Crippen molar-refractivity contribution in [3.63, 3.8) is 0 Å². The minimum absolute atomic E-state index is 0.0501. The fourth-order valence-electron chi connectivity index (χ4n) is 2.69. The molecule has 0 saturated heterocycles. The molecule has 9 heteroatoms. The van der Waals surface area contributed by atoms with Crippen LogP contribution in [-0.4, -0.2) is 28.8 Å². The van der Waals surface area contributed by atoms with Gasteiger partial charge in [0.1, 0.15) is 21.7 Å². The number of nitrogens with zero attached hydrogens (tertiary/aromatic N) is 2. The van der Waals surface area contributed by atoms with Crippen LogP contribution in [0.4, 0.5) is 0 Å². The highest BCUT2D eigenvalue weighted by Gasteiger charge is 2.21. The summed E-state index contributed by atoms with van der Waals surface area (Å²) in [6, 6.07) is 15.5. The van der Waals surface area contributed by atoms with Gasteiger partial charge in [0.05, 0.1) is 24.1 Å². The lowest BCUT2D eigenvalue weighted by molar-refractivity contribution is 0.182. The first-order valence-electron chi connectivity index (χ1n) is 8.07. The van der Waals surface area contributed by atoms with E-state index in [1.54, 1.807) is 36.6 Å². The van der Waals surface area contributed by atoms with E-state index in [9.17, 15) is 13.5 Å². The van der Waals surface area contributed by atoms with Gasteiger partial charge in [-0.15, -0.1) is 0 Å². The van der Waals surface area contributed by atoms with Crippen molar-refractivity contribution >= 4 is 32.8 Å². The Morgan fingerprint density at radius 3 is 2.63 bits per heavy atom. The molecular formula is C18H15N3O4S2. The summed E-state index contributed by atoms with van der Waals surface area (Å²) in [5.74, 6) is 0.724. The zero-order chi connectivity index (χ0) is 18.9. The minimum atomic E-state index is -3.82. The van der Waals surface area contributed by atoms with Crippen molar-refractivity contribution in [1.82, 2.24) is 13.5 Å². The van der Waals surface area contributed by atoms with Gasteiger partial charge in [-0.2, -0.15) is 8.75 Å². The largest absolute Gasteiger partial charge is 0.464 e. The Hall–Kier alpha value is -2.59. The predicted molar refractivity (Wildman–Crippen MR) is 102 cm³/mol. The molecule has 0 saturated carbocycles. The van der Waals surface area contributed by atoms with E-state index in [4.69, 9.17) is 4.42 Å². The Bertz CT molecular complexity index is 1150. The predicted octanol–water partition coefficient (Wildman–Crippen LogP) is 2.96. The van der Waals surface area contributed by atoms with Crippen LogP contribution in [0.2, 0.25) is 0 Å². The van der Waals surface area contributed by atoms with Gasteiger partial charge in [0.2, 0.25) is 10.0 Å². The summed E-state index contributed by atoms with van der Waals surface area (Å²) in [7, 11) is -3.82. The highest BCUT2D eigenvalue weighted by atomic mass is 32.2. The van der Waals surface area contributed by atoms with Crippen molar-refractivity contribution in [2.75, 3.05) is 6.54 Å². The van der Waals surface area contributed by atoms with E-state index in [2.05, 4.69) is 13.5 Å². The molecule has 0 aliphatic rings. The van der Waals surface area contributed by atoms with E-state index >= 15 is 0 Å². The highest BCUT2D eigenvalue weighted by molar-refractivity contribution is 7.89. The molecule has 0 radical (unpaired) electrons. The Morgan fingerprint density at radius 1 is 1.07 bits per heavy atom. The van der Waals surface area contributed by atoms with Gasteiger partial charge in [0.25, 0.3) is 0 Å². The third-order valence-electron chi connectivity index (χ3n) is 4.11. The average molecular weight is 401 g/mol. The maximum atomic E-state index is 12.6. The maximum absolute atomic E-state index is 12.6. The molecule has 27 heavy (non-hydrogen) atoms. The van der Waals surface area contributed by atoms with Crippen LogP contribution in [0.1, 0.15) is 11.7 Å². The Balaban J connectivity index is 1.48. The number of furan rings is 1. The SMILES string of the molecule is O=S(=O)(NCC(O)c1ccc(-c2ccco2)cc1)c1cccc2nsnc12. The Kier molecular flexibility index (Phi) is 4.75. The van der Waals surface area contributed by atoms with E-state index in [0.717, 1.165) is 23.1 Å². The van der Waals surface area contributed by atoms with Crippen molar-refractivity contribution < 1.29 is 17.9 Å². The molecule has 1 unspecified atom stereocenters. The van der Waals surface area contributed by atoms with Crippen LogP contribution in [-0.2, 0) is 10.0 Å². The molecule has 0 amide bonds. The molecule has 0 fully saturated rings. The zero-order valence-corrected chi connectivity index (χ0v) is 15.6. The lowest BCUT2D eigenvalue weighted by Crippen LogP contribution is -2.28. The molecule has 1 atom stereocenters. The lowest BCUT2D eigenvalue weighted by Gasteiger charge is -2.13. The van der Waals surface area contributed by atoms with E-state index < -0.39 is 16.1 Å². The maximum Gasteiger partial charge on any atom is 0.242 e. The molecule has 0 spiro atoms. The summed E-state index contributed by atoms with van der Waals surface area (Å²) in [4.78, 5) is 0.0501. The van der Waals surface area contributed by atoms with Gasteiger partial charge in [-0.1, -0.05) is 30.3 Å². The molecule has 138 valence electrons. The summed E-state index contributed by atoms with van der Waals surface area (Å²) in [6.07, 6.45) is 0.601. The number of sulfonamides is 1. The minimum Gasteiger partial charge on any atom is -0.464 e. The first kappa shape index (κ1) is 17.8. The number of rotatable bonds is 6. The second-order valence-electron chi connectivity index (χ2n) is 5.86. The third-order valence-corrected chi connectivity index (χ3v) is 6.10. The number of hydrogen-bond acceptors (Lipinski definition) is 7. The summed E-state index contributed by atoms with van der Waals surface area (Å²) in [6.45, 7) is -0.156. The molecule has 2 aromatic heterocycles. The van der Waals surface area contributed by atoms with Crippen LogP contribution in [0.5, 0.6) is 0 Å². The second kappa shape index (κ2) is 7.20. The summed E-state index contributed by atoms with van der Waals surface area (Å²) in [5.41, 5.74) is 2.32. The van der Waals surface area contributed by atoms with E-state index in [1.165, 1.54) is 6.07 Å². The molecule has 0 bridgehead atoms. The van der Waals surface area contributed by atoms with Gasteiger partial charge in [0.15, 0.2) is 0 Å². The molecule has 7 nitrogen and oxygen atoms in total. The van der Waals surface area contributed by atoms with Crippen LogP contribution >= 0.6 is 11.7 Å². The fourth-order valence-corrected chi connectivity index (χ4v) is 4.50. The molecular weight excluding hydrogens is 386 g/mol. The monoisotopic (exact) mass is 401 g/mol. The smallest absolute Gasteiger partial charge is 0.242 e. The lowest BCUT2D eigenvalue weighted by atomic mass is 10.1. The fraction of sp³-hybridized carbons (Fsp3) is 0.111. The molecule has 2 aromatic carbocycles. The third kappa shape index (κ3) is 3.62. The zero-order valence-electron chi connectivity index (χ0n) is 13.9. The summed E-state index contributed by atoms with van der Waals surface area (Å²) >= 11 is 0.955. The van der Waals surface area contributed by atoms with Gasteiger partial charge in [0, 0.05) is 12.1 Å². The normalized spacial score (nSPS) is 13.1. The van der Waals surface area contributed by atoms with E-state index in [0.29, 0.717) is 16.6 Å². The Labute approximate surface area is 159 Å². The number of aromatic nitrogens is 2. The van der Waals surface area contributed by atoms with Gasteiger partial charge < -0.3 is 9.52 Å². The first-order valence-corrected chi connectivity index (χ1v) is 10.3. The quantitative estimate of drug-likeness (QED) is 0.515. The average Bonchev–Trinajstić information content (AvgIpc) is 3.37. The van der Waals surface area contributed by atoms with Gasteiger partial charge >= 0.3 is 0 Å². The highest BCUT2D eigenvalue weighted by Crippen LogP contribution is 2.24. The van der Waals surface area contributed by atoms with Crippen LogP contribution in [0, 0.1) is 0 Å². The van der Waals surface area contributed by atoms with E-state index in [1.807, 2.05) is 18.2 Å². The number of aliphatic hydroxyl groups excluding tert-OH is 1. The molecule has 4 rings (SSSR count). The topological polar surface area (TPSA) is 105 Å². The van der Waals surface area contributed by atoms with Crippen molar-refractivity contribution in [2.24, 2.45) is 0 Å². The standard InChI is InChI=1S/C18H15N3O4S2/c22-15(12-6-8-13(9-7-12)16-4-2-10-25-16)11-19-27(23,24)17-5-1-3-14-18(17)21-26-20-14/h1-10,15,19,22H,11H2. The summed E-state index contributed by atoms with van der Waals surface area (Å²) < 4.78 is 41.0. The van der Waals surface area contributed by atoms with Crippen molar-refractivity contribution in [3.8, 4) is 11.3 Å². The van der Waals surface area contributed by atoms with Gasteiger partial charge in [-0.3, -0.25) is 0 Å². The number of nitrogens with one attached hydrogen (secondary N) is 1. The molecule has 0 aliphatic carbocycles. The molecule has 2 N–H and O–H groups in total. The molecule has 0 aliphatic heterocycles. The molecule has 4 aromatic rings. The van der Waals surface area contributed by atoms with Crippen LogP contribution in [0.15, 0.2) is 70.2 Å². The summed E-state index contributed by atoms with van der Waals surface area (Å²) in [5, 5.41) is 10.3. The number of benzene rings is 2. The van der Waals surface area contributed by atoms with Gasteiger partial charge in [-0.05, 0) is 29.8 Å². The number of hydrogen-bond donors (Lipinski definition) is 2. The Morgan fingerprint density at radius 2 is 1.89 bits per heavy atom.